The van der Waals surface area contributed by atoms with Gasteiger partial charge in [-0.1, -0.05) is 25.6 Å². The maximum absolute atomic E-state index is 12.2. The topological polar surface area (TPSA) is 150 Å². The summed E-state index contributed by atoms with van der Waals surface area (Å²) in [4.78, 5) is 27.6. The standard InChI is InChI=1S/C15H21N5O4S2/c1-4-20-11-6-5-9(26(17,23)24)7-10(11)18-15(20)25-12(8(2)3)13(21)19-14(16)22/h5-8,12H,4H2,1-3H3,(H2,17,23,24)(H3,16,19,21,22)/t12-/m1/s1. The molecule has 1 aromatic heterocycles. The van der Waals surface area contributed by atoms with Gasteiger partial charge in [0.2, 0.25) is 15.9 Å². The molecule has 2 aromatic rings. The molecule has 11 heteroatoms. The molecule has 3 amide bonds. The summed E-state index contributed by atoms with van der Waals surface area (Å²) in [6, 6.07) is 3.53. The molecule has 9 nitrogen and oxygen atoms in total. The number of nitrogens with zero attached hydrogens (tertiary/aromatic N) is 2. The van der Waals surface area contributed by atoms with Gasteiger partial charge in [0.15, 0.2) is 5.16 Å². The van der Waals surface area contributed by atoms with Crippen molar-refractivity contribution in [1.29, 1.82) is 0 Å². The van der Waals surface area contributed by atoms with Gasteiger partial charge in [-0.15, -0.1) is 0 Å². The average molecular weight is 399 g/mol. The number of carbonyl (C=O) groups excluding carboxylic acids is 2. The lowest BCUT2D eigenvalue weighted by atomic mass is 10.1. The Morgan fingerprint density at radius 3 is 2.50 bits per heavy atom. The fourth-order valence-electron chi connectivity index (χ4n) is 2.46. The Hall–Kier alpha value is -2.11. The van der Waals surface area contributed by atoms with E-state index in [0.29, 0.717) is 17.2 Å². The molecule has 0 saturated carbocycles. The molecule has 1 heterocycles. The summed E-state index contributed by atoms with van der Waals surface area (Å²) in [7, 11) is -3.84. The number of imidazole rings is 1. The van der Waals surface area contributed by atoms with Gasteiger partial charge in [-0.05, 0) is 31.0 Å². The summed E-state index contributed by atoms with van der Waals surface area (Å²) < 4.78 is 24.9. The number of hydrogen-bond acceptors (Lipinski definition) is 6. The van der Waals surface area contributed by atoms with Gasteiger partial charge in [-0.25, -0.2) is 23.3 Å². The predicted molar refractivity (Wildman–Crippen MR) is 99.0 cm³/mol. The Kier molecular flexibility index (Phi) is 5.94. The van der Waals surface area contributed by atoms with Gasteiger partial charge >= 0.3 is 6.03 Å². The Morgan fingerprint density at radius 2 is 2.00 bits per heavy atom. The highest BCUT2D eigenvalue weighted by Gasteiger charge is 2.27. The minimum Gasteiger partial charge on any atom is -0.351 e. The van der Waals surface area contributed by atoms with Crippen molar-refractivity contribution in [3.8, 4) is 0 Å². The molecule has 0 radical (unpaired) electrons. The van der Waals surface area contributed by atoms with E-state index < -0.39 is 27.2 Å². The molecule has 0 bridgehead atoms. The fraction of sp³-hybridized carbons (Fsp3) is 0.400. The highest BCUT2D eigenvalue weighted by molar-refractivity contribution is 8.00. The fourth-order valence-corrected chi connectivity index (χ4v) is 4.16. The van der Waals surface area contributed by atoms with Crippen LogP contribution in [0.1, 0.15) is 20.8 Å². The van der Waals surface area contributed by atoms with E-state index >= 15 is 0 Å². The number of fused-ring (bicyclic) bond motifs is 1. The number of aryl methyl sites for hydroxylation is 1. The molecule has 0 saturated heterocycles. The quantitative estimate of drug-likeness (QED) is 0.617. The number of thioether (sulfide) groups is 1. The minimum atomic E-state index is -3.84. The van der Waals surface area contributed by atoms with Gasteiger partial charge in [0, 0.05) is 6.54 Å². The first-order valence-corrected chi connectivity index (χ1v) is 10.3. The summed E-state index contributed by atoms with van der Waals surface area (Å²) in [5, 5.41) is 7.20. The van der Waals surface area contributed by atoms with Crippen LogP contribution >= 0.6 is 11.8 Å². The summed E-state index contributed by atoms with van der Waals surface area (Å²) in [6.45, 7) is 6.16. The number of rotatable bonds is 6. The molecule has 1 aromatic carbocycles. The highest BCUT2D eigenvalue weighted by Crippen LogP contribution is 2.31. The molecule has 0 aliphatic heterocycles. The average Bonchev–Trinajstić information content (AvgIpc) is 2.86. The number of primary sulfonamides is 1. The van der Waals surface area contributed by atoms with Crippen LogP contribution in [-0.4, -0.2) is 35.2 Å². The van der Waals surface area contributed by atoms with Gasteiger partial charge in [-0.2, -0.15) is 0 Å². The number of aromatic nitrogens is 2. The molecule has 0 fully saturated rings. The van der Waals surface area contributed by atoms with E-state index in [1.165, 1.54) is 23.9 Å². The van der Waals surface area contributed by atoms with Crippen molar-refractivity contribution in [2.75, 3.05) is 0 Å². The second-order valence-corrected chi connectivity index (χ2v) is 8.64. The molecule has 0 spiro atoms. The van der Waals surface area contributed by atoms with E-state index in [4.69, 9.17) is 10.9 Å². The van der Waals surface area contributed by atoms with Crippen LogP contribution in [0.5, 0.6) is 0 Å². The number of sulfonamides is 1. The zero-order chi connectivity index (χ0) is 19.6. The lowest BCUT2D eigenvalue weighted by molar-refractivity contribution is -0.120. The number of nitrogens with two attached hydrogens (primary N) is 2. The molecular weight excluding hydrogens is 378 g/mol. The monoisotopic (exact) mass is 399 g/mol. The molecular formula is C15H21N5O4S2. The number of amides is 3. The number of urea groups is 1. The van der Waals surface area contributed by atoms with Crippen molar-refractivity contribution < 1.29 is 18.0 Å². The van der Waals surface area contributed by atoms with Crippen molar-refractivity contribution in [3.63, 3.8) is 0 Å². The number of imide groups is 1. The van der Waals surface area contributed by atoms with Gasteiger partial charge in [0.05, 0.1) is 21.2 Å². The van der Waals surface area contributed by atoms with Crippen LogP contribution in [0.15, 0.2) is 28.3 Å². The first-order valence-electron chi connectivity index (χ1n) is 7.84. The number of primary amides is 1. The highest BCUT2D eigenvalue weighted by atomic mass is 32.2. The van der Waals surface area contributed by atoms with E-state index in [2.05, 4.69) is 10.3 Å². The lowest BCUT2D eigenvalue weighted by Gasteiger charge is -2.18. The SMILES string of the molecule is CCn1c(S[C@@H](C(=O)NC(N)=O)C(C)C)nc2cc(S(N)(=O)=O)ccc21. The Balaban J connectivity index is 2.47. The first-order chi connectivity index (χ1) is 12.0. The third-order valence-corrected chi connectivity index (χ3v) is 6.12. The second-order valence-electron chi connectivity index (χ2n) is 5.97. The lowest BCUT2D eigenvalue weighted by Crippen LogP contribution is -2.42. The van der Waals surface area contributed by atoms with Crippen molar-refractivity contribution in [1.82, 2.24) is 14.9 Å². The van der Waals surface area contributed by atoms with Gasteiger partial charge < -0.3 is 10.3 Å². The summed E-state index contributed by atoms with van der Waals surface area (Å²) in [6.07, 6.45) is 0. The van der Waals surface area contributed by atoms with Gasteiger partial charge in [0.25, 0.3) is 0 Å². The van der Waals surface area contributed by atoms with Crippen LogP contribution in [0, 0.1) is 5.92 Å². The van der Waals surface area contributed by atoms with Crippen LogP contribution in [0.2, 0.25) is 0 Å². The van der Waals surface area contributed by atoms with Crippen molar-refractivity contribution in [2.45, 2.75) is 42.6 Å². The van der Waals surface area contributed by atoms with Gasteiger partial charge in [0.1, 0.15) is 0 Å². The van der Waals surface area contributed by atoms with Crippen LogP contribution in [-0.2, 0) is 21.4 Å². The van der Waals surface area contributed by atoms with Crippen molar-refractivity contribution in [2.24, 2.45) is 16.8 Å². The van der Waals surface area contributed by atoms with E-state index in [1.54, 1.807) is 6.07 Å². The van der Waals surface area contributed by atoms with Crippen molar-refractivity contribution >= 4 is 44.8 Å². The smallest absolute Gasteiger partial charge is 0.318 e. The predicted octanol–water partition coefficient (Wildman–Crippen LogP) is 1.02. The normalized spacial score (nSPS) is 13.1. The summed E-state index contributed by atoms with van der Waals surface area (Å²) in [5.74, 6) is -0.595. The third kappa shape index (κ3) is 4.34. The summed E-state index contributed by atoms with van der Waals surface area (Å²) >= 11 is 1.19. The van der Waals surface area contributed by atoms with Gasteiger partial charge in [-0.3, -0.25) is 10.1 Å². The van der Waals surface area contributed by atoms with Crippen molar-refractivity contribution in [3.05, 3.63) is 18.2 Å². The largest absolute Gasteiger partial charge is 0.351 e. The van der Waals surface area contributed by atoms with Crippen LogP contribution < -0.4 is 16.2 Å². The third-order valence-electron chi connectivity index (χ3n) is 3.67. The van der Waals surface area contributed by atoms with Crippen LogP contribution in [0.4, 0.5) is 4.79 Å². The molecule has 0 unspecified atom stereocenters. The van der Waals surface area contributed by atoms with E-state index in [1.807, 2.05) is 25.3 Å². The molecule has 0 aliphatic carbocycles. The molecule has 1 atom stereocenters. The van der Waals surface area contributed by atoms with Crippen LogP contribution in [0.25, 0.3) is 11.0 Å². The molecule has 2 rings (SSSR count). The minimum absolute atomic E-state index is 0.0332. The van der Waals surface area contributed by atoms with E-state index in [0.717, 1.165) is 5.52 Å². The molecule has 5 N–H and O–H groups in total. The maximum atomic E-state index is 12.2. The number of benzene rings is 1. The summed E-state index contributed by atoms with van der Waals surface area (Å²) in [5.41, 5.74) is 6.21. The van der Waals surface area contributed by atoms with E-state index in [9.17, 15) is 18.0 Å². The van der Waals surface area contributed by atoms with Crippen LogP contribution in [0.3, 0.4) is 0 Å². The Labute approximate surface area is 155 Å². The Morgan fingerprint density at radius 1 is 1.35 bits per heavy atom. The zero-order valence-electron chi connectivity index (χ0n) is 14.6. The van der Waals surface area contributed by atoms with E-state index in [-0.39, 0.29) is 10.8 Å². The first kappa shape index (κ1) is 20.2. The zero-order valence-corrected chi connectivity index (χ0v) is 16.2. The molecule has 0 aliphatic rings. The molecule has 142 valence electrons. The Bertz CT molecular complexity index is 952. The number of hydrogen-bond donors (Lipinski definition) is 3. The number of carbonyl (C=O) groups is 2. The molecule has 26 heavy (non-hydrogen) atoms. The second kappa shape index (κ2) is 7.64. The number of nitrogens with one attached hydrogen (secondary N) is 1. The maximum Gasteiger partial charge on any atom is 0.318 e.